The summed E-state index contributed by atoms with van der Waals surface area (Å²) in [6.07, 6.45) is 1.45. The summed E-state index contributed by atoms with van der Waals surface area (Å²) in [5.41, 5.74) is 1.20. The van der Waals surface area contributed by atoms with Crippen LogP contribution >= 0.6 is 31.9 Å². The van der Waals surface area contributed by atoms with E-state index in [0.717, 1.165) is 23.2 Å². The lowest BCUT2D eigenvalue weighted by molar-refractivity contribution is 0.120. The topological polar surface area (TPSA) is 18.5 Å². The number of alkyl halides is 1. The molecule has 1 aromatic carbocycles. The largest absolute Gasteiger partial charge is 0.494 e. The van der Waals surface area contributed by atoms with Gasteiger partial charge in [-0.25, -0.2) is 0 Å². The van der Waals surface area contributed by atoms with Crippen LogP contribution in [0.1, 0.15) is 30.7 Å². The fraction of sp³-hybridized carbons (Fsp3) is 0.571. The predicted molar refractivity (Wildman–Crippen MR) is 80.5 cm³/mol. The van der Waals surface area contributed by atoms with Crippen LogP contribution in [0.2, 0.25) is 0 Å². The Morgan fingerprint density at radius 1 is 1.50 bits per heavy atom. The Kier molecular flexibility index (Phi) is 5.10. The Hall–Kier alpha value is -0.0600. The standard InChI is InChI=1S/C14H18Br2O2/c1-3-17-13-5-4-11(15)7-12(13)14(16)10-6-9(2)18-8-10/h4-5,7,9-10,14H,3,6,8H2,1-2H3. The summed E-state index contributed by atoms with van der Waals surface area (Å²) in [7, 11) is 0. The van der Waals surface area contributed by atoms with E-state index in [9.17, 15) is 0 Å². The van der Waals surface area contributed by atoms with E-state index in [4.69, 9.17) is 9.47 Å². The molecule has 1 saturated heterocycles. The summed E-state index contributed by atoms with van der Waals surface area (Å²) in [4.78, 5) is 0.279. The van der Waals surface area contributed by atoms with Gasteiger partial charge in [-0.3, -0.25) is 0 Å². The van der Waals surface area contributed by atoms with Crippen LogP contribution in [0.5, 0.6) is 5.75 Å². The van der Waals surface area contributed by atoms with Crippen molar-refractivity contribution in [2.45, 2.75) is 31.2 Å². The molecule has 2 rings (SSSR count). The number of hydrogen-bond acceptors (Lipinski definition) is 2. The van der Waals surface area contributed by atoms with Crippen molar-refractivity contribution in [2.75, 3.05) is 13.2 Å². The molecule has 1 aliphatic rings. The molecule has 0 saturated carbocycles. The van der Waals surface area contributed by atoms with Crippen LogP contribution in [0, 0.1) is 5.92 Å². The Balaban J connectivity index is 2.22. The van der Waals surface area contributed by atoms with Crippen LogP contribution in [0.15, 0.2) is 22.7 Å². The molecule has 0 aromatic heterocycles. The zero-order valence-electron chi connectivity index (χ0n) is 10.7. The number of ether oxygens (including phenoxy) is 2. The van der Waals surface area contributed by atoms with Crippen molar-refractivity contribution in [1.29, 1.82) is 0 Å². The molecule has 1 aliphatic heterocycles. The van der Waals surface area contributed by atoms with Gasteiger partial charge in [0.25, 0.3) is 0 Å². The Morgan fingerprint density at radius 3 is 2.89 bits per heavy atom. The normalized spacial score (nSPS) is 25.1. The zero-order valence-corrected chi connectivity index (χ0v) is 13.8. The van der Waals surface area contributed by atoms with Crippen LogP contribution in [0.25, 0.3) is 0 Å². The summed E-state index contributed by atoms with van der Waals surface area (Å²) in [6.45, 7) is 5.64. The maximum Gasteiger partial charge on any atom is 0.123 e. The van der Waals surface area contributed by atoms with Crippen LogP contribution < -0.4 is 4.74 Å². The number of rotatable bonds is 4. The second-order valence-corrected chi connectivity index (χ2v) is 6.56. The minimum Gasteiger partial charge on any atom is -0.494 e. The molecule has 0 spiro atoms. The third kappa shape index (κ3) is 3.28. The third-order valence-electron chi connectivity index (χ3n) is 3.21. The molecule has 1 aromatic rings. The van der Waals surface area contributed by atoms with Crippen LogP contribution in [0.3, 0.4) is 0 Å². The second kappa shape index (κ2) is 6.40. The molecule has 2 nitrogen and oxygen atoms in total. The zero-order chi connectivity index (χ0) is 13.1. The van der Waals surface area contributed by atoms with Crippen LogP contribution in [-0.4, -0.2) is 19.3 Å². The average Bonchev–Trinajstić information content (AvgIpc) is 2.77. The molecule has 1 heterocycles. The monoisotopic (exact) mass is 376 g/mol. The third-order valence-corrected chi connectivity index (χ3v) is 4.95. The van der Waals surface area contributed by atoms with Gasteiger partial charge in [-0.1, -0.05) is 31.9 Å². The lowest BCUT2D eigenvalue weighted by Crippen LogP contribution is -2.09. The minimum absolute atomic E-state index is 0.279. The smallest absolute Gasteiger partial charge is 0.123 e. The summed E-state index contributed by atoms with van der Waals surface area (Å²) in [6, 6.07) is 6.17. The fourth-order valence-electron chi connectivity index (χ4n) is 2.33. The molecule has 0 aliphatic carbocycles. The van der Waals surface area contributed by atoms with Crippen molar-refractivity contribution in [3.05, 3.63) is 28.2 Å². The number of benzene rings is 1. The quantitative estimate of drug-likeness (QED) is 0.707. The van der Waals surface area contributed by atoms with E-state index in [1.165, 1.54) is 5.56 Å². The molecule has 100 valence electrons. The molecule has 4 heteroatoms. The van der Waals surface area contributed by atoms with Gasteiger partial charge in [0.15, 0.2) is 0 Å². The van der Waals surface area contributed by atoms with Crippen molar-refractivity contribution in [3.63, 3.8) is 0 Å². The number of hydrogen-bond donors (Lipinski definition) is 0. The first-order valence-electron chi connectivity index (χ1n) is 6.29. The summed E-state index contributed by atoms with van der Waals surface area (Å²) >= 11 is 7.34. The molecule has 0 radical (unpaired) electrons. The summed E-state index contributed by atoms with van der Waals surface area (Å²) in [5.74, 6) is 1.47. The van der Waals surface area contributed by atoms with Gasteiger partial charge in [-0.15, -0.1) is 0 Å². The molecule has 0 N–H and O–H groups in total. The molecule has 3 unspecified atom stereocenters. The van der Waals surface area contributed by atoms with Gasteiger partial charge >= 0.3 is 0 Å². The van der Waals surface area contributed by atoms with Crippen molar-refractivity contribution >= 4 is 31.9 Å². The molecule has 3 atom stereocenters. The highest BCUT2D eigenvalue weighted by molar-refractivity contribution is 9.10. The minimum atomic E-state index is 0.279. The summed E-state index contributed by atoms with van der Waals surface area (Å²) < 4.78 is 12.4. The summed E-state index contributed by atoms with van der Waals surface area (Å²) in [5, 5.41) is 0. The first-order chi connectivity index (χ1) is 8.61. The molecular weight excluding hydrogens is 360 g/mol. The van der Waals surface area contributed by atoms with Gasteiger partial charge in [-0.2, -0.15) is 0 Å². The predicted octanol–water partition coefficient (Wildman–Crippen LogP) is 4.71. The maximum absolute atomic E-state index is 5.71. The average molecular weight is 378 g/mol. The molecule has 0 bridgehead atoms. The Morgan fingerprint density at radius 2 is 2.28 bits per heavy atom. The van der Waals surface area contributed by atoms with E-state index < -0.39 is 0 Å². The van der Waals surface area contributed by atoms with E-state index >= 15 is 0 Å². The molecule has 0 amide bonds. The SMILES string of the molecule is CCOc1ccc(Br)cc1C(Br)C1COC(C)C1. The van der Waals surface area contributed by atoms with E-state index in [1.54, 1.807) is 0 Å². The Bertz CT molecular complexity index is 409. The highest BCUT2D eigenvalue weighted by atomic mass is 79.9. The van der Waals surface area contributed by atoms with E-state index in [-0.39, 0.29) is 4.83 Å². The Labute approximate surface area is 125 Å². The van der Waals surface area contributed by atoms with E-state index in [0.29, 0.717) is 18.6 Å². The maximum atomic E-state index is 5.71. The van der Waals surface area contributed by atoms with Crippen molar-refractivity contribution < 1.29 is 9.47 Å². The number of halogens is 2. The van der Waals surface area contributed by atoms with Gasteiger partial charge in [0.05, 0.1) is 19.3 Å². The molecular formula is C14H18Br2O2. The first kappa shape index (κ1) is 14.4. The van der Waals surface area contributed by atoms with E-state index in [2.05, 4.69) is 44.8 Å². The van der Waals surface area contributed by atoms with Gasteiger partial charge in [0.2, 0.25) is 0 Å². The highest BCUT2D eigenvalue weighted by Gasteiger charge is 2.30. The first-order valence-corrected chi connectivity index (χ1v) is 8.00. The molecule has 1 fully saturated rings. The van der Waals surface area contributed by atoms with Gasteiger partial charge in [-0.05, 0) is 38.5 Å². The fourth-order valence-corrected chi connectivity index (χ4v) is 3.43. The van der Waals surface area contributed by atoms with Gasteiger partial charge < -0.3 is 9.47 Å². The van der Waals surface area contributed by atoms with E-state index in [1.807, 2.05) is 19.1 Å². The lowest BCUT2D eigenvalue weighted by Gasteiger charge is -2.20. The lowest BCUT2D eigenvalue weighted by atomic mass is 9.96. The molecule has 18 heavy (non-hydrogen) atoms. The van der Waals surface area contributed by atoms with Crippen LogP contribution in [-0.2, 0) is 4.74 Å². The van der Waals surface area contributed by atoms with Crippen molar-refractivity contribution in [1.82, 2.24) is 0 Å². The van der Waals surface area contributed by atoms with Gasteiger partial charge in [0, 0.05) is 20.8 Å². The highest BCUT2D eigenvalue weighted by Crippen LogP contribution is 2.42. The second-order valence-electron chi connectivity index (χ2n) is 4.66. The van der Waals surface area contributed by atoms with Crippen molar-refractivity contribution in [2.24, 2.45) is 5.92 Å². The van der Waals surface area contributed by atoms with Crippen LogP contribution in [0.4, 0.5) is 0 Å². The van der Waals surface area contributed by atoms with Gasteiger partial charge in [0.1, 0.15) is 5.75 Å². The van der Waals surface area contributed by atoms with Crippen molar-refractivity contribution in [3.8, 4) is 5.75 Å².